The van der Waals surface area contributed by atoms with Gasteiger partial charge in [-0.25, -0.2) is 18.9 Å². The maximum absolute atomic E-state index is 14.4. The van der Waals surface area contributed by atoms with Gasteiger partial charge in [-0.3, -0.25) is 0 Å². The third kappa shape index (κ3) is 3.17. The molecule has 3 aromatic rings. The number of hydrogen-bond donors (Lipinski definition) is 2. The average Bonchev–Trinajstić information content (AvgIpc) is 3.49. The lowest BCUT2D eigenvalue weighted by Gasteiger charge is -2.24. The van der Waals surface area contributed by atoms with E-state index in [0.29, 0.717) is 17.3 Å². The molecule has 28 heavy (non-hydrogen) atoms. The summed E-state index contributed by atoms with van der Waals surface area (Å²) in [4.78, 5) is 9.38. The van der Waals surface area contributed by atoms with Crippen LogP contribution in [0.2, 0.25) is 0 Å². The van der Waals surface area contributed by atoms with Crippen LogP contribution in [0.15, 0.2) is 24.5 Å². The van der Waals surface area contributed by atoms with E-state index in [9.17, 15) is 4.39 Å². The summed E-state index contributed by atoms with van der Waals surface area (Å²) >= 11 is 0. The number of anilines is 1. The van der Waals surface area contributed by atoms with Gasteiger partial charge in [-0.1, -0.05) is 0 Å². The maximum atomic E-state index is 14.4. The van der Waals surface area contributed by atoms with Crippen molar-refractivity contribution in [3.63, 3.8) is 0 Å². The summed E-state index contributed by atoms with van der Waals surface area (Å²) in [6.45, 7) is 1.82. The first kappa shape index (κ1) is 17.4. The van der Waals surface area contributed by atoms with Gasteiger partial charge in [0.1, 0.15) is 0 Å². The molecule has 1 aliphatic carbocycles. The number of aromatic nitrogens is 4. The number of fused-ring (bicyclic) bond motifs is 1. The summed E-state index contributed by atoms with van der Waals surface area (Å²) in [6.07, 6.45) is 7.91. The first-order chi connectivity index (χ1) is 13.7. The molecule has 4 heterocycles. The van der Waals surface area contributed by atoms with E-state index in [1.165, 1.54) is 6.07 Å². The topological polar surface area (TPSA) is 76.4 Å². The molecule has 0 radical (unpaired) electrons. The molecule has 2 fully saturated rings. The van der Waals surface area contributed by atoms with Crippen molar-refractivity contribution in [2.45, 2.75) is 37.6 Å². The summed E-state index contributed by atoms with van der Waals surface area (Å²) in [5.74, 6) is 1.13. The molecule has 2 aliphatic rings. The zero-order valence-corrected chi connectivity index (χ0v) is 15.8. The van der Waals surface area contributed by atoms with Crippen LogP contribution >= 0.6 is 0 Å². The quantitative estimate of drug-likeness (QED) is 0.707. The van der Waals surface area contributed by atoms with Crippen molar-refractivity contribution >= 4 is 11.5 Å². The van der Waals surface area contributed by atoms with Crippen LogP contribution in [0.1, 0.15) is 37.3 Å². The van der Waals surface area contributed by atoms with Crippen molar-refractivity contribution < 1.29 is 9.13 Å². The number of rotatable bonds is 5. The van der Waals surface area contributed by atoms with E-state index in [1.54, 1.807) is 23.9 Å². The lowest BCUT2D eigenvalue weighted by Crippen LogP contribution is -2.38. The van der Waals surface area contributed by atoms with Gasteiger partial charge in [0.25, 0.3) is 0 Å². The molecule has 7 nitrogen and oxygen atoms in total. The Kier molecular flexibility index (Phi) is 4.35. The third-order valence-corrected chi connectivity index (χ3v) is 5.43. The minimum Gasteiger partial charge on any atom is -0.493 e. The number of hydrogen-bond acceptors (Lipinski definition) is 6. The standard InChI is InChI=1S/C20H23FN6O/c1-28-17-11-27-20(26-18(17)12-4-5-12)14(10-23-27)16-7-6-15(21)19(25-16)24-13-3-2-8-22-9-13/h6-7,10-13,22H,2-5,8-9H2,1H3,(H,24,25)/t13-/m1/s1. The van der Waals surface area contributed by atoms with Gasteiger partial charge in [0.05, 0.1) is 36.5 Å². The van der Waals surface area contributed by atoms with Gasteiger partial charge in [0.2, 0.25) is 0 Å². The van der Waals surface area contributed by atoms with Gasteiger partial charge in [-0.2, -0.15) is 5.10 Å². The molecule has 1 saturated carbocycles. The van der Waals surface area contributed by atoms with Crippen LogP contribution in [0, 0.1) is 5.82 Å². The average molecular weight is 382 g/mol. The molecule has 1 atom stereocenters. The summed E-state index contributed by atoms with van der Waals surface area (Å²) in [5.41, 5.74) is 3.12. The Morgan fingerprint density at radius 1 is 1.25 bits per heavy atom. The summed E-state index contributed by atoms with van der Waals surface area (Å²) < 4.78 is 21.5. The highest BCUT2D eigenvalue weighted by Crippen LogP contribution is 2.43. The van der Waals surface area contributed by atoms with Gasteiger partial charge < -0.3 is 15.4 Å². The summed E-state index contributed by atoms with van der Waals surface area (Å²) in [5, 5.41) is 11.0. The molecule has 1 aliphatic heterocycles. The molecule has 2 N–H and O–H groups in total. The second-order valence-corrected chi connectivity index (χ2v) is 7.51. The molecule has 0 amide bonds. The Morgan fingerprint density at radius 2 is 2.14 bits per heavy atom. The highest BCUT2D eigenvalue weighted by molar-refractivity contribution is 5.75. The lowest BCUT2D eigenvalue weighted by molar-refractivity contribution is 0.403. The normalized spacial score (nSPS) is 19.7. The van der Waals surface area contributed by atoms with E-state index in [0.717, 1.165) is 55.8 Å². The number of pyridine rings is 1. The Labute approximate surface area is 162 Å². The maximum Gasteiger partial charge on any atom is 0.165 e. The Balaban J connectivity index is 1.52. The molecule has 0 unspecified atom stereocenters. The van der Waals surface area contributed by atoms with Crippen molar-refractivity contribution in [2.24, 2.45) is 0 Å². The highest BCUT2D eigenvalue weighted by Gasteiger charge is 2.29. The predicted molar refractivity (Wildman–Crippen MR) is 104 cm³/mol. The molecule has 1 saturated heterocycles. The molecule has 0 bridgehead atoms. The summed E-state index contributed by atoms with van der Waals surface area (Å²) in [7, 11) is 1.65. The van der Waals surface area contributed by atoms with Gasteiger partial charge in [0, 0.05) is 18.5 Å². The smallest absolute Gasteiger partial charge is 0.165 e. The van der Waals surface area contributed by atoms with Gasteiger partial charge in [-0.05, 0) is 44.4 Å². The number of methoxy groups -OCH3 is 1. The second-order valence-electron chi connectivity index (χ2n) is 7.51. The van der Waals surface area contributed by atoms with Crippen molar-refractivity contribution in [3.8, 4) is 17.0 Å². The fourth-order valence-electron chi connectivity index (χ4n) is 3.76. The predicted octanol–water partition coefficient (Wildman–Crippen LogP) is 2.98. The van der Waals surface area contributed by atoms with Crippen molar-refractivity contribution in [1.82, 2.24) is 24.9 Å². The van der Waals surface area contributed by atoms with Crippen molar-refractivity contribution in [3.05, 3.63) is 36.0 Å². The third-order valence-electron chi connectivity index (χ3n) is 5.43. The Hall–Kier alpha value is -2.74. The fourth-order valence-corrected chi connectivity index (χ4v) is 3.76. The molecule has 146 valence electrons. The minimum atomic E-state index is -0.348. The first-order valence-corrected chi connectivity index (χ1v) is 9.79. The molecule has 0 spiro atoms. The fraction of sp³-hybridized carbons (Fsp3) is 0.450. The van der Waals surface area contributed by atoms with E-state index in [1.807, 2.05) is 6.20 Å². The van der Waals surface area contributed by atoms with Gasteiger partial charge in [0.15, 0.2) is 23.0 Å². The SMILES string of the molecule is COc1cn2ncc(-c3ccc(F)c(N[C@@H]4CCCNC4)n3)c2nc1C1CC1. The molecule has 0 aromatic carbocycles. The van der Waals surface area contributed by atoms with E-state index >= 15 is 0 Å². The van der Waals surface area contributed by atoms with Crippen molar-refractivity contribution in [1.29, 1.82) is 0 Å². The van der Waals surface area contributed by atoms with Crippen LogP contribution in [0.4, 0.5) is 10.2 Å². The molecule has 3 aromatic heterocycles. The second kappa shape index (κ2) is 7.01. The van der Waals surface area contributed by atoms with Crippen LogP contribution in [-0.4, -0.2) is 45.8 Å². The zero-order chi connectivity index (χ0) is 19.1. The Bertz CT molecular complexity index is 1010. The highest BCUT2D eigenvalue weighted by atomic mass is 19.1. The van der Waals surface area contributed by atoms with Gasteiger partial charge >= 0.3 is 0 Å². The lowest BCUT2D eigenvalue weighted by atomic mass is 10.1. The van der Waals surface area contributed by atoms with E-state index in [4.69, 9.17) is 9.72 Å². The monoisotopic (exact) mass is 382 g/mol. The van der Waals surface area contributed by atoms with Crippen LogP contribution in [0.25, 0.3) is 16.9 Å². The van der Waals surface area contributed by atoms with Crippen molar-refractivity contribution in [2.75, 3.05) is 25.5 Å². The largest absolute Gasteiger partial charge is 0.493 e. The van der Waals surface area contributed by atoms with Crippen LogP contribution in [0.3, 0.4) is 0 Å². The van der Waals surface area contributed by atoms with Gasteiger partial charge in [-0.15, -0.1) is 0 Å². The molecular formula is C20H23FN6O. The number of nitrogens with zero attached hydrogens (tertiary/aromatic N) is 4. The number of halogens is 1. The summed E-state index contributed by atoms with van der Waals surface area (Å²) in [6, 6.07) is 3.31. The molecular weight excluding hydrogens is 359 g/mol. The zero-order valence-electron chi connectivity index (χ0n) is 15.8. The first-order valence-electron chi connectivity index (χ1n) is 9.79. The van der Waals surface area contributed by atoms with E-state index in [-0.39, 0.29) is 17.7 Å². The van der Waals surface area contributed by atoms with E-state index in [2.05, 4.69) is 20.7 Å². The number of piperidine rings is 1. The molecule has 5 rings (SSSR count). The van der Waals surface area contributed by atoms with Crippen LogP contribution in [-0.2, 0) is 0 Å². The minimum absolute atomic E-state index is 0.179. The number of ether oxygens (including phenoxy) is 1. The van der Waals surface area contributed by atoms with Crippen LogP contribution in [0.5, 0.6) is 5.75 Å². The number of nitrogens with one attached hydrogen (secondary N) is 2. The Morgan fingerprint density at radius 3 is 2.89 bits per heavy atom. The molecule has 8 heteroatoms. The van der Waals surface area contributed by atoms with Crippen LogP contribution < -0.4 is 15.4 Å². The van der Waals surface area contributed by atoms with E-state index < -0.39 is 0 Å².